The van der Waals surface area contributed by atoms with E-state index in [4.69, 9.17) is 15.2 Å². The van der Waals surface area contributed by atoms with Crippen molar-refractivity contribution in [3.8, 4) is 29.1 Å². The lowest BCUT2D eigenvalue weighted by molar-refractivity contribution is 0.213. The lowest BCUT2D eigenvalue weighted by Crippen LogP contribution is -2.20. The van der Waals surface area contributed by atoms with Crippen molar-refractivity contribution in [2.45, 2.75) is 40.2 Å². The Morgan fingerprint density at radius 2 is 1.83 bits per heavy atom. The van der Waals surface area contributed by atoms with Gasteiger partial charge in [0.25, 0.3) is 0 Å². The number of halogens is 2. The molecule has 1 aliphatic heterocycles. The number of ether oxygens (including phenoxy) is 2. The molecule has 0 bridgehead atoms. The fourth-order valence-electron chi connectivity index (χ4n) is 3.91. The van der Waals surface area contributed by atoms with Crippen LogP contribution in [0.25, 0.3) is 32.1 Å². The number of hydrogen-bond acceptors (Lipinski definition) is 8. The maximum absolute atomic E-state index is 15.8. The summed E-state index contributed by atoms with van der Waals surface area (Å²) >= 11 is 0.961. The number of nitrogens with zero attached hydrogens (tertiary/aromatic N) is 3. The predicted octanol–water partition coefficient (Wildman–Crippen LogP) is 6.05. The zero-order chi connectivity index (χ0) is 26.4. The molecule has 0 saturated carbocycles. The highest BCUT2D eigenvalue weighted by atomic mass is 32.1. The van der Waals surface area contributed by atoms with E-state index in [9.17, 15) is 9.65 Å². The van der Waals surface area contributed by atoms with Crippen molar-refractivity contribution in [3.63, 3.8) is 0 Å². The molecular formula is C26H29F2N5O2S. The minimum absolute atomic E-state index is 0.00879. The van der Waals surface area contributed by atoms with Crippen LogP contribution < -0.4 is 20.5 Å². The first kappa shape index (κ1) is 27.0. The van der Waals surface area contributed by atoms with Crippen LogP contribution in [-0.4, -0.2) is 36.3 Å². The molecule has 3 N–H and O–H groups in total. The van der Waals surface area contributed by atoms with E-state index < -0.39 is 11.6 Å². The number of benzene rings is 2. The van der Waals surface area contributed by atoms with Crippen LogP contribution in [-0.2, 0) is 0 Å². The van der Waals surface area contributed by atoms with Crippen LogP contribution in [0, 0.1) is 23.0 Å². The van der Waals surface area contributed by atoms with Gasteiger partial charge in [-0.3, -0.25) is 0 Å². The molecule has 5 rings (SSSR count). The summed E-state index contributed by atoms with van der Waals surface area (Å²) in [4.78, 5) is 8.46. The van der Waals surface area contributed by atoms with Gasteiger partial charge in [-0.1, -0.05) is 39.8 Å². The second-order valence-electron chi connectivity index (χ2n) is 7.32. The SMILES string of the molecule is CC.CC.COc1nc(OC2CCNC2)c2ccc(-c3ccc(F)c4sc(N)c(C#N)c34)c(F)c2n1. The second kappa shape index (κ2) is 11.9. The molecule has 36 heavy (non-hydrogen) atoms. The van der Waals surface area contributed by atoms with E-state index >= 15 is 4.39 Å². The van der Waals surface area contributed by atoms with E-state index in [1.807, 2.05) is 33.8 Å². The number of nitrogens with two attached hydrogens (primary N) is 1. The molecule has 1 saturated heterocycles. The molecule has 1 atom stereocenters. The number of nitrogens with one attached hydrogen (secondary N) is 1. The molecule has 1 aliphatic rings. The van der Waals surface area contributed by atoms with Crippen LogP contribution in [0.2, 0.25) is 0 Å². The molecule has 7 nitrogen and oxygen atoms in total. The summed E-state index contributed by atoms with van der Waals surface area (Å²) in [5.74, 6) is -0.945. The number of thiophene rings is 1. The molecule has 2 aromatic carbocycles. The summed E-state index contributed by atoms with van der Waals surface area (Å²) in [6.45, 7) is 9.49. The van der Waals surface area contributed by atoms with Gasteiger partial charge in [0.2, 0.25) is 5.88 Å². The summed E-state index contributed by atoms with van der Waals surface area (Å²) in [5, 5.41) is 13.6. The van der Waals surface area contributed by atoms with Gasteiger partial charge < -0.3 is 20.5 Å². The van der Waals surface area contributed by atoms with Crippen LogP contribution in [0.4, 0.5) is 13.8 Å². The molecule has 4 aromatic rings. The molecule has 190 valence electrons. The van der Waals surface area contributed by atoms with Gasteiger partial charge in [0.15, 0.2) is 5.82 Å². The molecule has 1 fully saturated rings. The first-order chi connectivity index (χ1) is 17.5. The molecule has 0 aliphatic carbocycles. The van der Waals surface area contributed by atoms with E-state index in [1.165, 1.54) is 19.2 Å². The number of nitriles is 1. The van der Waals surface area contributed by atoms with Gasteiger partial charge >= 0.3 is 6.01 Å². The quantitative estimate of drug-likeness (QED) is 0.342. The second-order valence-corrected chi connectivity index (χ2v) is 8.38. The van der Waals surface area contributed by atoms with Crippen LogP contribution in [0.3, 0.4) is 0 Å². The highest BCUT2D eigenvalue weighted by Gasteiger charge is 2.24. The summed E-state index contributed by atoms with van der Waals surface area (Å²) in [7, 11) is 1.39. The zero-order valence-electron chi connectivity index (χ0n) is 20.9. The molecule has 1 unspecified atom stereocenters. The maximum atomic E-state index is 15.8. The zero-order valence-corrected chi connectivity index (χ0v) is 21.7. The van der Waals surface area contributed by atoms with E-state index in [0.29, 0.717) is 17.5 Å². The Balaban J connectivity index is 0.000000861. The molecule has 10 heteroatoms. The third kappa shape index (κ3) is 4.90. The third-order valence-corrected chi connectivity index (χ3v) is 6.47. The van der Waals surface area contributed by atoms with Gasteiger partial charge in [-0.05, 0) is 30.7 Å². The summed E-state index contributed by atoms with van der Waals surface area (Å²) in [6, 6.07) is 7.85. The highest BCUT2D eigenvalue weighted by Crippen LogP contribution is 2.43. The average molecular weight is 514 g/mol. The summed E-state index contributed by atoms with van der Waals surface area (Å²) in [5.41, 5.74) is 6.56. The van der Waals surface area contributed by atoms with Crippen molar-refractivity contribution < 1.29 is 18.3 Å². The van der Waals surface area contributed by atoms with Crippen LogP contribution >= 0.6 is 11.3 Å². The molecular weight excluding hydrogens is 484 g/mol. The Kier molecular flexibility index (Phi) is 8.96. The topological polar surface area (TPSA) is 106 Å². The number of hydrogen-bond donors (Lipinski definition) is 2. The van der Waals surface area contributed by atoms with E-state index in [-0.39, 0.29) is 49.7 Å². The standard InChI is InChI=1S/C22H17F2N5O2S.2C2H6/c1-30-22-28-18-13(21(29-22)31-10-6-7-27-9-10)3-2-12(17(18)24)11-4-5-15(23)19-16(11)14(8-25)20(26)32-19;2*1-2/h2-5,10,27H,6-7,9,26H2,1H3;2*1-2H3. The Morgan fingerprint density at radius 1 is 1.11 bits per heavy atom. The summed E-state index contributed by atoms with van der Waals surface area (Å²) in [6.07, 6.45) is 0.711. The van der Waals surface area contributed by atoms with Crippen molar-refractivity contribution in [1.82, 2.24) is 15.3 Å². The molecule has 0 amide bonds. The van der Waals surface area contributed by atoms with Crippen LogP contribution in [0.15, 0.2) is 24.3 Å². The Bertz CT molecular complexity index is 1410. The minimum atomic E-state index is -0.654. The van der Waals surface area contributed by atoms with Crippen molar-refractivity contribution in [1.29, 1.82) is 5.26 Å². The van der Waals surface area contributed by atoms with E-state index in [1.54, 1.807) is 12.1 Å². The van der Waals surface area contributed by atoms with Crippen molar-refractivity contribution in [2.24, 2.45) is 0 Å². The normalized spacial score (nSPS) is 14.4. The lowest BCUT2D eigenvalue weighted by atomic mass is 9.97. The average Bonchev–Trinajstić information content (AvgIpc) is 3.55. The van der Waals surface area contributed by atoms with Gasteiger partial charge in [-0.15, -0.1) is 11.3 Å². The van der Waals surface area contributed by atoms with Crippen LogP contribution in [0.1, 0.15) is 39.7 Å². The van der Waals surface area contributed by atoms with Gasteiger partial charge in [-0.2, -0.15) is 15.2 Å². The van der Waals surface area contributed by atoms with Crippen molar-refractivity contribution in [3.05, 3.63) is 41.5 Å². The smallest absolute Gasteiger partial charge is 0.320 e. The number of anilines is 1. The van der Waals surface area contributed by atoms with Gasteiger partial charge in [-0.25, -0.2) is 8.78 Å². The van der Waals surface area contributed by atoms with Crippen molar-refractivity contribution in [2.75, 3.05) is 25.9 Å². The fourth-order valence-corrected chi connectivity index (χ4v) is 4.86. The monoisotopic (exact) mass is 513 g/mol. The van der Waals surface area contributed by atoms with Gasteiger partial charge in [0, 0.05) is 17.5 Å². The molecule has 2 aromatic heterocycles. The van der Waals surface area contributed by atoms with E-state index in [2.05, 4.69) is 15.3 Å². The minimum Gasteiger partial charge on any atom is -0.472 e. The molecule has 0 radical (unpaired) electrons. The van der Waals surface area contributed by atoms with Crippen LogP contribution in [0.5, 0.6) is 11.9 Å². The Morgan fingerprint density at radius 3 is 2.47 bits per heavy atom. The van der Waals surface area contributed by atoms with Gasteiger partial charge in [0.05, 0.1) is 22.8 Å². The number of aromatic nitrogens is 2. The van der Waals surface area contributed by atoms with E-state index in [0.717, 1.165) is 24.3 Å². The van der Waals surface area contributed by atoms with Gasteiger partial charge in [0.1, 0.15) is 28.5 Å². The third-order valence-electron chi connectivity index (χ3n) is 5.45. The molecule has 3 heterocycles. The first-order valence-corrected chi connectivity index (χ1v) is 12.7. The largest absolute Gasteiger partial charge is 0.472 e. The Labute approximate surface area is 212 Å². The molecule has 0 spiro atoms. The lowest BCUT2D eigenvalue weighted by Gasteiger charge is -2.15. The number of rotatable bonds is 4. The summed E-state index contributed by atoms with van der Waals surface area (Å²) < 4.78 is 41.6. The van der Waals surface area contributed by atoms with Crippen molar-refractivity contribution >= 4 is 37.3 Å². The highest BCUT2D eigenvalue weighted by molar-refractivity contribution is 7.23. The maximum Gasteiger partial charge on any atom is 0.320 e. The number of nitrogen functional groups attached to an aromatic ring is 1. The number of methoxy groups -OCH3 is 1. The number of fused-ring (bicyclic) bond motifs is 2. The predicted molar refractivity (Wildman–Crippen MR) is 141 cm³/mol. The Hall–Kier alpha value is -3.55. The fraction of sp³-hybridized carbons (Fsp3) is 0.346. The first-order valence-electron chi connectivity index (χ1n) is 11.8.